The van der Waals surface area contributed by atoms with Gasteiger partial charge in [-0.2, -0.15) is 12.7 Å². The monoisotopic (exact) mass is 584 g/mol. The Labute approximate surface area is 208 Å². The van der Waals surface area contributed by atoms with Crippen molar-refractivity contribution in [1.82, 2.24) is 23.9 Å². The van der Waals surface area contributed by atoms with Gasteiger partial charge in [0.05, 0.1) is 19.9 Å². The molecule has 0 aromatic carbocycles. The molecule has 6 atom stereocenters. The molecule has 0 spiro atoms. The number of aromatic amines is 1. The van der Waals surface area contributed by atoms with Crippen LogP contribution < -0.4 is 15.9 Å². The van der Waals surface area contributed by atoms with Gasteiger partial charge in [-0.15, -0.1) is 0 Å². The van der Waals surface area contributed by atoms with E-state index in [1.165, 1.54) is 15.5 Å². The second kappa shape index (κ2) is 9.68. The maximum Gasteiger partial charge on any atom is 0.480 e. The van der Waals surface area contributed by atoms with Crippen molar-refractivity contribution >= 4 is 42.8 Å². The third-order valence-corrected chi connectivity index (χ3v) is 9.16. The van der Waals surface area contributed by atoms with Crippen molar-refractivity contribution in [1.29, 1.82) is 0 Å². The fraction of sp³-hybridized carbons (Fsp3) is 0.500. The van der Waals surface area contributed by atoms with Gasteiger partial charge in [0.25, 0.3) is 21.6 Å². The highest BCUT2D eigenvalue weighted by molar-refractivity contribution is 7.86. The van der Waals surface area contributed by atoms with Gasteiger partial charge < -0.3 is 20.6 Å². The van der Waals surface area contributed by atoms with Crippen LogP contribution in [0.25, 0.3) is 11.2 Å². The summed E-state index contributed by atoms with van der Waals surface area (Å²) in [6.07, 6.45) is 2.19. The molecule has 3 heterocycles. The highest BCUT2D eigenvalue weighted by atomic mass is 32.2. The molecule has 37 heavy (non-hydrogen) atoms. The smallest absolute Gasteiger partial charge is 0.387 e. The number of hydrogen-bond donors (Lipinski definition) is 5. The molecule has 6 N–H and O–H groups in total. The Balaban J connectivity index is 1.61. The van der Waals surface area contributed by atoms with E-state index in [0.717, 1.165) is 25.0 Å². The van der Waals surface area contributed by atoms with Gasteiger partial charge in [-0.1, -0.05) is 4.98 Å². The standard InChI is InChI=1S/C16H23N7O11P2S/c1-21-8-23(14-11(21)15(25)20-16(17)19-14)10-5-9(13(12(10)24)33-37(2,30)31)6-32-36(28,29)34-35(26,27)22-4-3-18-7-22/h3-4,7-10,12-13,24H,5-6H2,1-2H3,(H4-,17,19,20,25,26,27,28,29)/p+1/t9-,10-,12+,13-/m1/s1. The Morgan fingerprint density at radius 3 is 2.68 bits per heavy atom. The zero-order chi connectivity index (χ0) is 27.3. The van der Waals surface area contributed by atoms with Crippen LogP contribution in [-0.4, -0.2) is 72.2 Å². The number of hydrogen-bond acceptors (Lipinski definition) is 12. The molecule has 1 fully saturated rings. The molecule has 0 bridgehead atoms. The number of fused-ring (bicyclic) bond motifs is 1. The third kappa shape index (κ3) is 5.84. The van der Waals surface area contributed by atoms with Crippen LogP contribution in [0.2, 0.25) is 0 Å². The van der Waals surface area contributed by atoms with E-state index >= 15 is 0 Å². The fourth-order valence-corrected chi connectivity index (χ4v) is 7.24. The van der Waals surface area contributed by atoms with Crippen molar-refractivity contribution in [2.75, 3.05) is 18.6 Å². The minimum atomic E-state index is -5.18. The van der Waals surface area contributed by atoms with Gasteiger partial charge in [-0.05, 0) is 6.42 Å². The minimum Gasteiger partial charge on any atom is -0.387 e. The van der Waals surface area contributed by atoms with E-state index in [-0.39, 0.29) is 23.5 Å². The lowest BCUT2D eigenvalue weighted by molar-refractivity contribution is -0.707. The Morgan fingerprint density at radius 1 is 1.35 bits per heavy atom. The maximum atomic E-state index is 12.4. The lowest BCUT2D eigenvalue weighted by Gasteiger charge is -2.22. The molecule has 2 unspecified atom stereocenters. The molecule has 1 saturated carbocycles. The molecule has 1 aliphatic rings. The van der Waals surface area contributed by atoms with Crippen molar-refractivity contribution in [2.45, 2.75) is 24.7 Å². The predicted octanol–water partition coefficient (Wildman–Crippen LogP) is -1.62. The topological polar surface area (TPSA) is 255 Å². The summed E-state index contributed by atoms with van der Waals surface area (Å²) >= 11 is 0. The molecule has 0 aliphatic heterocycles. The van der Waals surface area contributed by atoms with Gasteiger partial charge >= 0.3 is 21.2 Å². The molecule has 0 amide bonds. The van der Waals surface area contributed by atoms with Gasteiger partial charge in [0.2, 0.25) is 5.52 Å². The number of aromatic nitrogens is 6. The summed E-state index contributed by atoms with van der Waals surface area (Å²) < 4.78 is 66.2. The fourth-order valence-electron chi connectivity index (χ4n) is 4.16. The van der Waals surface area contributed by atoms with E-state index in [1.807, 2.05) is 0 Å². The van der Waals surface area contributed by atoms with E-state index < -0.39 is 62.0 Å². The number of anilines is 1. The number of nitrogens with two attached hydrogens (primary N) is 1. The van der Waals surface area contributed by atoms with Crippen molar-refractivity contribution in [3.05, 3.63) is 35.4 Å². The molecule has 0 saturated heterocycles. The predicted molar refractivity (Wildman–Crippen MR) is 123 cm³/mol. The number of rotatable bonds is 9. The maximum absolute atomic E-state index is 12.4. The van der Waals surface area contributed by atoms with Crippen LogP contribution in [0.1, 0.15) is 12.5 Å². The summed E-state index contributed by atoms with van der Waals surface area (Å²) in [6, 6.07) is -0.938. The third-order valence-electron chi connectivity index (χ3n) is 5.62. The van der Waals surface area contributed by atoms with Crippen LogP contribution in [0.3, 0.4) is 0 Å². The second-order valence-electron chi connectivity index (χ2n) is 8.35. The zero-order valence-electron chi connectivity index (χ0n) is 19.3. The van der Waals surface area contributed by atoms with E-state index in [0.29, 0.717) is 4.34 Å². The molecular formula is C16H24N7O11P2S+. The van der Waals surface area contributed by atoms with E-state index in [9.17, 15) is 37.2 Å². The highest BCUT2D eigenvalue weighted by Gasteiger charge is 2.50. The van der Waals surface area contributed by atoms with Gasteiger partial charge in [0.15, 0.2) is 6.33 Å². The molecule has 3 aromatic heterocycles. The van der Waals surface area contributed by atoms with Gasteiger partial charge in [0.1, 0.15) is 24.6 Å². The number of imidazole rings is 2. The molecule has 4 rings (SSSR count). The highest BCUT2D eigenvalue weighted by Crippen LogP contribution is 2.60. The number of aliphatic hydroxyl groups excluding tert-OH is 1. The summed E-state index contributed by atoms with van der Waals surface area (Å²) in [6.45, 7) is -0.715. The van der Waals surface area contributed by atoms with Crippen LogP contribution in [0, 0.1) is 5.92 Å². The van der Waals surface area contributed by atoms with Gasteiger partial charge in [-0.3, -0.25) is 23.1 Å². The first-order valence-electron chi connectivity index (χ1n) is 10.4. The van der Waals surface area contributed by atoms with E-state index in [4.69, 9.17) is 14.4 Å². The Hall–Kier alpha value is -2.47. The Bertz CT molecular complexity index is 1570. The largest absolute Gasteiger partial charge is 0.480 e. The molecular weight excluding hydrogens is 560 g/mol. The summed E-state index contributed by atoms with van der Waals surface area (Å²) in [4.78, 5) is 42.3. The van der Waals surface area contributed by atoms with Gasteiger partial charge in [0, 0.05) is 18.3 Å². The summed E-state index contributed by atoms with van der Waals surface area (Å²) in [5.41, 5.74) is 5.31. The summed E-state index contributed by atoms with van der Waals surface area (Å²) in [5.74, 6) is -1.23. The van der Waals surface area contributed by atoms with Gasteiger partial charge in [-0.25, -0.2) is 23.0 Å². The number of phosphoric acid groups is 1. The number of aryl methyl sites for hydroxylation is 1. The second-order valence-corrected chi connectivity index (χ2v) is 13.2. The lowest BCUT2D eigenvalue weighted by Crippen LogP contribution is -2.46. The minimum absolute atomic E-state index is 0.0855. The first-order chi connectivity index (χ1) is 17.1. The van der Waals surface area contributed by atoms with Crippen LogP contribution in [0.5, 0.6) is 0 Å². The van der Waals surface area contributed by atoms with Crippen molar-refractivity contribution < 1.29 is 50.0 Å². The average molecular weight is 584 g/mol. The van der Waals surface area contributed by atoms with Crippen molar-refractivity contribution in [3.8, 4) is 0 Å². The summed E-state index contributed by atoms with van der Waals surface area (Å²) in [5, 5.41) is 11.0. The zero-order valence-corrected chi connectivity index (χ0v) is 21.9. The quantitative estimate of drug-likeness (QED) is 0.108. The molecule has 21 heteroatoms. The van der Waals surface area contributed by atoms with E-state index in [1.54, 1.807) is 7.05 Å². The number of aliphatic hydroxyl groups is 1. The molecule has 1 aliphatic carbocycles. The SMILES string of the molecule is Cn1c[n+]([C@@H]2C[C@H](COP(=O)(O)OP(=O)(O)n3ccnc3)[C@@H](OS(C)(=O)=O)[C@H]2O)c2nc(N)[nH]c(=O)c21. The number of nitrogens with zero attached hydrogens (tertiary/aromatic N) is 5. The van der Waals surface area contributed by atoms with Crippen LogP contribution in [0.4, 0.5) is 5.95 Å². The number of phosphoric ester groups is 1. The molecule has 204 valence electrons. The van der Waals surface area contributed by atoms with Crippen LogP contribution in [-0.2, 0) is 39.3 Å². The average Bonchev–Trinajstić information content (AvgIpc) is 3.45. The number of nitrogen functional groups attached to an aromatic ring is 1. The van der Waals surface area contributed by atoms with E-state index in [2.05, 4.69) is 19.3 Å². The first kappa shape index (κ1) is 27.6. The first-order valence-corrected chi connectivity index (χ1v) is 15.2. The molecule has 18 nitrogen and oxygen atoms in total. The molecule has 0 radical (unpaired) electrons. The Morgan fingerprint density at radius 2 is 2.05 bits per heavy atom. The Kier molecular flexibility index (Phi) is 7.21. The van der Waals surface area contributed by atoms with Crippen LogP contribution >= 0.6 is 15.6 Å². The summed E-state index contributed by atoms with van der Waals surface area (Å²) in [7, 11) is -12.6. The van der Waals surface area contributed by atoms with Crippen LogP contribution in [0.15, 0.2) is 29.8 Å². The number of nitrogens with one attached hydrogen (secondary N) is 1. The normalized spacial score (nSPS) is 25.8. The molecule has 3 aromatic rings. The lowest BCUT2D eigenvalue weighted by atomic mass is 10.1. The van der Waals surface area contributed by atoms with Crippen molar-refractivity contribution in [2.24, 2.45) is 13.0 Å². The number of H-pyrrole nitrogens is 1. The van der Waals surface area contributed by atoms with Crippen molar-refractivity contribution in [3.63, 3.8) is 0 Å².